The smallest absolute Gasteiger partial charge is 0.405 e. The van der Waals surface area contributed by atoms with Crippen LogP contribution < -0.4 is 10.6 Å². The molecule has 6 aromatic rings. The first kappa shape index (κ1) is 37.8. The molecule has 1 aliphatic rings. The fourth-order valence-electron chi connectivity index (χ4n) is 7.36. The molecule has 0 saturated carbocycles. The lowest BCUT2D eigenvalue weighted by Crippen LogP contribution is -2.41. The van der Waals surface area contributed by atoms with Gasteiger partial charge in [-0.05, 0) is 60.3 Å². The summed E-state index contributed by atoms with van der Waals surface area (Å²) in [5.41, 5.74) is 7.43. The van der Waals surface area contributed by atoms with Crippen molar-refractivity contribution >= 4 is 17.9 Å². The number of carbonyl (C=O) groups excluding carboxylic acids is 2. The van der Waals surface area contributed by atoms with Gasteiger partial charge in [0.1, 0.15) is 23.7 Å². The normalized spacial score (nSPS) is 15.6. The first-order chi connectivity index (χ1) is 27.2. The van der Waals surface area contributed by atoms with E-state index in [1.165, 1.54) is 0 Å². The van der Waals surface area contributed by atoms with Gasteiger partial charge in [-0.1, -0.05) is 116 Å². The van der Waals surface area contributed by atoms with Crippen molar-refractivity contribution < 1.29 is 19.5 Å². The molecule has 286 valence electrons. The Kier molecular flexibility index (Phi) is 11.4. The second kappa shape index (κ2) is 16.9. The molecule has 0 aliphatic carbocycles. The molecule has 0 unspecified atom stereocenters. The number of likely N-dealkylation sites (tertiary alicyclic amines) is 1. The molecule has 0 bridgehead atoms. The number of aromatic nitrogens is 4. The Morgan fingerprint density at radius 1 is 0.786 bits per heavy atom. The molecule has 1 aliphatic heterocycles. The molecular formula is C44H46N8O4. The highest BCUT2D eigenvalue weighted by Gasteiger charge is 2.37. The Balaban J connectivity index is 0.968. The number of aromatic amines is 2. The number of benzene rings is 4. The number of H-pyrrole nitrogens is 2. The van der Waals surface area contributed by atoms with E-state index in [4.69, 9.17) is 4.98 Å². The molecule has 56 heavy (non-hydrogen) atoms. The summed E-state index contributed by atoms with van der Waals surface area (Å²) in [6.07, 6.45) is 4.15. The first-order valence-electron chi connectivity index (χ1n) is 18.8. The number of carboxylic acid groups (broad SMARTS) is 1. The van der Waals surface area contributed by atoms with E-state index in [1.54, 1.807) is 30.5 Å². The van der Waals surface area contributed by atoms with Crippen LogP contribution in [0.4, 0.5) is 4.79 Å². The van der Waals surface area contributed by atoms with Gasteiger partial charge in [-0.3, -0.25) is 14.5 Å². The van der Waals surface area contributed by atoms with Crippen LogP contribution in [0.1, 0.15) is 66.6 Å². The van der Waals surface area contributed by atoms with Crippen LogP contribution in [-0.2, 0) is 9.59 Å². The minimum atomic E-state index is -1.27. The predicted molar refractivity (Wildman–Crippen MR) is 215 cm³/mol. The summed E-state index contributed by atoms with van der Waals surface area (Å²) in [5.74, 6) is 1.03. The minimum Gasteiger partial charge on any atom is -0.465 e. The Labute approximate surface area is 326 Å². The molecule has 3 amide bonds. The van der Waals surface area contributed by atoms with Crippen LogP contribution in [0.25, 0.3) is 33.6 Å². The monoisotopic (exact) mass is 750 g/mol. The van der Waals surface area contributed by atoms with Gasteiger partial charge in [-0.15, -0.1) is 0 Å². The van der Waals surface area contributed by atoms with E-state index in [2.05, 4.69) is 62.0 Å². The van der Waals surface area contributed by atoms with Gasteiger partial charge in [0.25, 0.3) is 0 Å². The largest absolute Gasteiger partial charge is 0.465 e. The van der Waals surface area contributed by atoms with Gasteiger partial charge in [-0.2, -0.15) is 0 Å². The molecule has 12 nitrogen and oxygen atoms in total. The summed E-state index contributed by atoms with van der Waals surface area (Å²) < 4.78 is 0. The number of amides is 3. The standard InChI is InChI=1S/C44H46N8O4/c1-28(25-47-42(53)38(50-44(55)56)33-11-6-4-7-12-33)40-45-26-35(48-40)31-20-16-29(17-21-31)30-18-22-32(23-19-30)36-27-46-41(49-36)37-15-10-24-52(37)43(54)39(51(2)3)34-13-8-5-9-14-34/h4-9,11-14,16-23,26-28,37-39,50H,10,15,24-25H2,1-3H3,(H,45,48)(H,46,49)(H,47,53)(H,55,56)/t28-,37-,38+,39+/m0/s1. The maximum Gasteiger partial charge on any atom is 0.405 e. The van der Waals surface area contributed by atoms with Crippen molar-refractivity contribution in [3.63, 3.8) is 0 Å². The highest BCUT2D eigenvalue weighted by molar-refractivity contribution is 5.86. The second-order valence-electron chi connectivity index (χ2n) is 14.4. The van der Waals surface area contributed by atoms with Gasteiger partial charge in [0.15, 0.2) is 0 Å². The summed E-state index contributed by atoms with van der Waals surface area (Å²) >= 11 is 0. The molecule has 7 rings (SSSR count). The van der Waals surface area contributed by atoms with E-state index < -0.39 is 18.0 Å². The molecule has 0 radical (unpaired) electrons. The van der Waals surface area contributed by atoms with Crippen LogP contribution in [-0.4, -0.2) is 79.9 Å². The van der Waals surface area contributed by atoms with Gasteiger partial charge in [-0.25, -0.2) is 14.8 Å². The average Bonchev–Trinajstić information content (AvgIpc) is 4.02. The van der Waals surface area contributed by atoms with E-state index >= 15 is 0 Å². The van der Waals surface area contributed by atoms with Crippen molar-refractivity contribution in [2.45, 2.75) is 43.8 Å². The van der Waals surface area contributed by atoms with Crippen LogP contribution in [0.15, 0.2) is 122 Å². The Morgan fingerprint density at radius 2 is 1.34 bits per heavy atom. The summed E-state index contributed by atoms with van der Waals surface area (Å²) in [6, 6.07) is 33.8. The third-order valence-corrected chi connectivity index (χ3v) is 10.3. The summed E-state index contributed by atoms with van der Waals surface area (Å²) in [7, 11) is 3.89. The van der Waals surface area contributed by atoms with Crippen LogP contribution in [0.2, 0.25) is 0 Å². The predicted octanol–water partition coefficient (Wildman–Crippen LogP) is 7.33. The number of hydrogen-bond acceptors (Lipinski definition) is 6. The quantitative estimate of drug-likeness (QED) is 0.0827. The molecule has 1 fully saturated rings. The van der Waals surface area contributed by atoms with Crippen LogP contribution in [0, 0.1) is 0 Å². The summed E-state index contributed by atoms with van der Waals surface area (Å²) in [6.45, 7) is 2.92. The molecule has 12 heteroatoms. The molecule has 1 saturated heterocycles. The molecule has 3 heterocycles. The Morgan fingerprint density at radius 3 is 1.93 bits per heavy atom. The van der Waals surface area contributed by atoms with Gasteiger partial charge < -0.3 is 30.6 Å². The fraction of sp³-hybridized carbons (Fsp3) is 0.250. The zero-order valence-electron chi connectivity index (χ0n) is 31.6. The van der Waals surface area contributed by atoms with Crippen molar-refractivity contribution in [1.82, 2.24) is 40.4 Å². The lowest BCUT2D eigenvalue weighted by atomic mass is 10.0. The van der Waals surface area contributed by atoms with E-state index in [0.29, 0.717) is 17.9 Å². The molecule has 4 atom stereocenters. The number of nitrogens with zero attached hydrogens (tertiary/aromatic N) is 4. The molecule has 0 spiro atoms. The summed E-state index contributed by atoms with van der Waals surface area (Å²) in [5, 5.41) is 14.4. The molecule has 5 N–H and O–H groups in total. The van der Waals surface area contributed by atoms with Crippen molar-refractivity contribution in [2.75, 3.05) is 27.2 Å². The molecular weight excluding hydrogens is 705 g/mol. The molecule has 2 aromatic heterocycles. The van der Waals surface area contributed by atoms with Crippen molar-refractivity contribution in [1.29, 1.82) is 0 Å². The number of likely N-dealkylation sites (N-methyl/N-ethyl adjacent to an activating group) is 1. The number of imidazole rings is 2. The van der Waals surface area contributed by atoms with Gasteiger partial charge in [0, 0.05) is 19.0 Å². The molecule has 4 aromatic carbocycles. The summed E-state index contributed by atoms with van der Waals surface area (Å²) in [4.78, 5) is 58.3. The highest BCUT2D eigenvalue weighted by Crippen LogP contribution is 2.35. The zero-order valence-corrected chi connectivity index (χ0v) is 31.6. The van der Waals surface area contributed by atoms with Gasteiger partial charge in [0.2, 0.25) is 11.8 Å². The van der Waals surface area contributed by atoms with Crippen molar-refractivity contribution in [3.05, 3.63) is 144 Å². The number of rotatable bonds is 13. The number of hydrogen-bond donors (Lipinski definition) is 5. The number of nitrogens with one attached hydrogen (secondary N) is 4. The Hall–Kier alpha value is -6.53. The second-order valence-corrected chi connectivity index (χ2v) is 14.4. The van der Waals surface area contributed by atoms with E-state index in [1.807, 2.05) is 85.5 Å². The minimum absolute atomic E-state index is 0.0895. The third kappa shape index (κ3) is 8.40. The van der Waals surface area contributed by atoms with Gasteiger partial charge in [0.05, 0.1) is 29.8 Å². The van der Waals surface area contributed by atoms with E-state index in [9.17, 15) is 19.5 Å². The lowest BCUT2D eigenvalue weighted by molar-refractivity contribution is -0.137. The lowest BCUT2D eigenvalue weighted by Gasteiger charge is -2.31. The highest BCUT2D eigenvalue weighted by atomic mass is 16.4. The first-order valence-corrected chi connectivity index (χ1v) is 18.8. The van der Waals surface area contributed by atoms with Crippen molar-refractivity contribution in [2.24, 2.45) is 0 Å². The van der Waals surface area contributed by atoms with E-state index in [-0.39, 0.29) is 30.5 Å². The van der Waals surface area contributed by atoms with Crippen LogP contribution >= 0.6 is 0 Å². The average molecular weight is 751 g/mol. The van der Waals surface area contributed by atoms with E-state index in [0.717, 1.165) is 57.9 Å². The maximum absolute atomic E-state index is 13.9. The fourth-order valence-corrected chi connectivity index (χ4v) is 7.36. The van der Waals surface area contributed by atoms with Gasteiger partial charge >= 0.3 is 6.09 Å². The van der Waals surface area contributed by atoms with Crippen LogP contribution in [0.5, 0.6) is 0 Å². The zero-order chi connectivity index (χ0) is 39.2. The Bertz CT molecular complexity index is 2250. The SMILES string of the molecule is C[C@@H](CNC(=O)[C@H](NC(=O)O)c1ccccc1)c1ncc(-c2ccc(-c3ccc(-c4cnc([C@@H]5CCCN5C(=O)[C@@H](c5ccccc5)N(C)C)[nH]4)cc3)cc2)[nH]1. The van der Waals surface area contributed by atoms with Crippen LogP contribution in [0.3, 0.4) is 0 Å². The number of carbonyl (C=O) groups is 3. The topological polar surface area (TPSA) is 159 Å². The third-order valence-electron chi connectivity index (χ3n) is 10.3. The maximum atomic E-state index is 13.9. The van der Waals surface area contributed by atoms with Crippen molar-refractivity contribution in [3.8, 4) is 33.6 Å².